The van der Waals surface area contributed by atoms with Gasteiger partial charge in [-0.25, -0.2) is 4.79 Å². The summed E-state index contributed by atoms with van der Waals surface area (Å²) in [6.07, 6.45) is 2.57. The molecule has 0 radical (unpaired) electrons. The van der Waals surface area contributed by atoms with Crippen LogP contribution in [0, 0.1) is 0 Å². The Morgan fingerprint density at radius 1 is 1.19 bits per heavy atom. The molecule has 26 heavy (non-hydrogen) atoms. The zero-order chi connectivity index (χ0) is 19.1. The molecule has 1 aromatic rings. The number of rotatable bonds is 8. The molecule has 1 aromatic carbocycles. The van der Waals surface area contributed by atoms with Gasteiger partial charge in [0.15, 0.2) is 0 Å². The van der Waals surface area contributed by atoms with Crippen molar-refractivity contribution < 1.29 is 28.7 Å². The number of fused-ring (bicyclic) bond motifs is 1. The molecule has 0 aromatic heterocycles. The molecule has 0 bridgehead atoms. The molecule has 1 aliphatic heterocycles. The van der Waals surface area contributed by atoms with Crippen LogP contribution < -0.4 is 5.32 Å². The number of hydrogen-bond donors (Lipinski definition) is 1. The number of carbonyl (C=O) groups excluding carboxylic acids is 4. The van der Waals surface area contributed by atoms with Crippen LogP contribution in [0.5, 0.6) is 0 Å². The SMILES string of the molecule is CCOC(=O)C(/C=C/OCCN1C(=O)c2ccccc2C1=O)NC(C)=O. The van der Waals surface area contributed by atoms with Crippen molar-refractivity contribution in [3.8, 4) is 0 Å². The maximum Gasteiger partial charge on any atom is 0.332 e. The Morgan fingerprint density at radius 3 is 2.35 bits per heavy atom. The minimum Gasteiger partial charge on any atom is -0.500 e. The summed E-state index contributed by atoms with van der Waals surface area (Å²) >= 11 is 0. The first kappa shape index (κ1) is 19.2. The average Bonchev–Trinajstić information content (AvgIpc) is 2.85. The van der Waals surface area contributed by atoms with Gasteiger partial charge in [-0.2, -0.15) is 0 Å². The van der Waals surface area contributed by atoms with Gasteiger partial charge in [-0.05, 0) is 25.1 Å². The van der Waals surface area contributed by atoms with Crippen molar-refractivity contribution in [1.29, 1.82) is 0 Å². The summed E-state index contributed by atoms with van der Waals surface area (Å²) < 4.78 is 10.1. The van der Waals surface area contributed by atoms with Gasteiger partial charge in [-0.15, -0.1) is 0 Å². The van der Waals surface area contributed by atoms with Crippen LogP contribution in [0.2, 0.25) is 0 Å². The van der Waals surface area contributed by atoms with E-state index >= 15 is 0 Å². The van der Waals surface area contributed by atoms with Crippen LogP contribution in [-0.4, -0.2) is 54.4 Å². The highest BCUT2D eigenvalue weighted by molar-refractivity contribution is 6.21. The fourth-order valence-corrected chi connectivity index (χ4v) is 2.43. The summed E-state index contributed by atoms with van der Waals surface area (Å²) in [4.78, 5) is 48.3. The largest absolute Gasteiger partial charge is 0.500 e. The topological polar surface area (TPSA) is 102 Å². The maximum atomic E-state index is 12.2. The summed E-state index contributed by atoms with van der Waals surface area (Å²) in [7, 11) is 0. The summed E-state index contributed by atoms with van der Waals surface area (Å²) in [6.45, 7) is 3.25. The van der Waals surface area contributed by atoms with Gasteiger partial charge in [0.25, 0.3) is 11.8 Å². The molecule has 1 unspecified atom stereocenters. The fraction of sp³-hybridized carbons (Fsp3) is 0.333. The van der Waals surface area contributed by atoms with Crippen LogP contribution in [0.25, 0.3) is 0 Å². The molecule has 138 valence electrons. The van der Waals surface area contributed by atoms with Gasteiger partial charge < -0.3 is 14.8 Å². The second-order valence-electron chi connectivity index (χ2n) is 5.44. The molecule has 1 atom stereocenters. The van der Waals surface area contributed by atoms with Crippen LogP contribution in [0.4, 0.5) is 0 Å². The molecule has 0 spiro atoms. The quantitative estimate of drug-likeness (QED) is 0.320. The zero-order valence-corrected chi connectivity index (χ0v) is 14.6. The van der Waals surface area contributed by atoms with Crippen LogP contribution in [0.1, 0.15) is 34.6 Å². The molecule has 0 saturated carbocycles. The number of imide groups is 1. The van der Waals surface area contributed by atoms with Crippen LogP contribution in [-0.2, 0) is 19.1 Å². The van der Waals surface area contributed by atoms with Crippen molar-refractivity contribution in [3.05, 3.63) is 47.7 Å². The Hall–Kier alpha value is -3.16. The van der Waals surface area contributed by atoms with Gasteiger partial charge in [-0.1, -0.05) is 12.1 Å². The van der Waals surface area contributed by atoms with E-state index in [4.69, 9.17) is 9.47 Å². The lowest BCUT2D eigenvalue weighted by Crippen LogP contribution is -2.39. The van der Waals surface area contributed by atoms with Gasteiger partial charge in [0.05, 0.1) is 30.5 Å². The smallest absolute Gasteiger partial charge is 0.332 e. The lowest BCUT2D eigenvalue weighted by Gasteiger charge is -2.14. The standard InChI is InChI=1S/C18H20N2O6/c1-3-26-18(24)15(19-12(2)21)8-10-25-11-9-20-16(22)13-6-4-5-7-14(13)17(20)23/h4-8,10,15H,3,9,11H2,1-2H3,(H,19,21)/b10-8+. The first-order chi connectivity index (χ1) is 12.5. The van der Waals surface area contributed by atoms with Crippen molar-refractivity contribution in [2.75, 3.05) is 19.8 Å². The third-order valence-corrected chi connectivity index (χ3v) is 3.58. The van der Waals surface area contributed by atoms with E-state index in [1.165, 1.54) is 19.3 Å². The predicted octanol–water partition coefficient (Wildman–Crippen LogP) is 0.881. The number of hydrogen-bond acceptors (Lipinski definition) is 6. The molecule has 2 rings (SSSR count). The number of nitrogens with one attached hydrogen (secondary N) is 1. The average molecular weight is 360 g/mol. The minimum absolute atomic E-state index is 0.0532. The number of carbonyl (C=O) groups is 4. The summed E-state index contributed by atoms with van der Waals surface area (Å²) in [5.41, 5.74) is 0.752. The van der Waals surface area contributed by atoms with Crippen molar-refractivity contribution in [2.24, 2.45) is 0 Å². The number of nitrogens with zero attached hydrogens (tertiary/aromatic N) is 1. The van der Waals surface area contributed by atoms with Gasteiger partial charge in [0.1, 0.15) is 12.6 Å². The molecular formula is C18H20N2O6. The van der Waals surface area contributed by atoms with Gasteiger partial charge in [0, 0.05) is 6.92 Å². The highest BCUT2D eigenvalue weighted by Crippen LogP contribution is 2.21. The number of esters is 1. The van der Waals surface area contributed by atoms with E-state index in [0.717, 1.165) is 4.90 Å². The lowest BCUT2D eigenvalue weighted by molar-refractivity contribution is -0.145. The number of benzene rings is 1. The molecule has 8 nitrogen and oxygen atoms in total. The summed E-state index contributed by atoms with van der Waals surface area (Å²) in [5, 5.41) is 2.42. The van der Waals surface area contributed by atoms with E-state index < -0.39 is 17.9 Å². The number of ether oxygens (including phenoxy) is 2. The van der Waals surface area contributed by atoms with E-state index in [1.807, 2.05) is 0 Å². The first-order valence-corrected chi connectivity index (χ1v) is 8.13. The first-order valence-electron chi connectivity index (χ1n) is 8.13. The van der Waals surface area contributed by atoms with E-state index in [0.29, 0.717) is 11.1 Å². The molecule has 0 saturated heterocycles. The van der Waals surface area contributed by atoms with Crippen LogP contribution in [0.15, 0.2) is 36.6 Å². The summed E-state index contributed by atoms with van der Waals surface area (Å²) in [5.74, 6) is -1.72. The van der Waals surface area contributed by atoms with E-state index in [1.54, 1.807) is 31.2 Å². The third-order valence-electron chi connectivity index (χ3n) is 3.58. The molecule has 3 amide bonds. The van der Waals surface area contributed by atoms with Crippen molar-refractivity contribution >= 4 is 23.7 Å². The zero-order valence-electron chi connectivity index (χ0n) is 14.6. The molecule has 8 heteroatoms. The van der Waals surface area contributed by atoms with Gasteiger partial charge in [-0.3, -0.25) is 19.3 Å². The Bertz CT molecular complexity index is 708. The lowest BCUT2D eigenvalue weighted by atomic mass is 10.1. The third kappa shape index (κ3) is 4.47. The van der Waals surface area contributed by atoms with E-state index in [-0.39, 0.29) is 31.6 Å². The number of amides is 3. The monoisotopic (exact) mass is 360 g/mol. The van der Waals surface area contributed by atoms with Crippen molar-refractivity contribution in [1.82, 2.24) is 10.2 Å². The molecule has 0 fully saturated rings. The minimum atomic E-state index is -0.966. The second kappa shape index (κ2) is 8.80. The van der Waals surface area contributed by atoms with Gasteiger partial charge in [0.2, 0.25) is 5.91 Å². The van der Waals surface area contributed by atoms with Crippen LogP contribution >= 0.6 is 0 Å². The molecule has 1 N–H and O–H groups in total. The Labute approximate surface area is 150 Å². The predicted molar refractivity (Wildman–Crippen MR) is 91.1 cm³/mol. The highest BCUT2D eigenvalue weighted by atomic mass is 16.5. The van der Waals surface area contributed by atoms with Crippen molar-refractivity contribution in [2.45, 2.75) is 19.9 Å². The van der Waals surface area contributed by atoms with Crippen molar-refractivity contribution in [3.63, 3.8) is 0 Å². The highest BCUT2D eigenvalue weighted by Gasteiger charge is 2.34. The molecule has 1 aliphatic rings. The fourth-order valence-electron chi connectivity index (χ4n) is 2.43. The Morgan fingerprint density at radius 2 is 1.81 bits per heavy atom. The van der Waals surface area contributed by atoms with Crippen LogP contribution in [0.3, 0.4) is 0 Å². The van der Waals surface area contributed by atoms with E-state index in [9.17, 15) is 19.2 Å². The molecule has 0 aliphatic carbocycles. The molecule has 1 heterocycles. The Kier molecular flexibility index (Phi) is 6.48. The maximum absolute atomic E-state index is 12.2. The second-order valence-corrected chi connectivity index (χ2v) is 5.44. The normalized spacial score (nSPS) is 14.3. The van der Waals surface area contributed by atoms with E-state index in [2.05, 4.69) is 5.32 Å². The Balaban J connectivity index is 1.87. The van der Waals surface area contributed by atoms with Gasteiger partial charge >= 0.3 is 5.97 Å². The summed E-state index contributed by atoms with van der Waals surface area (Å²) in [6, 6.07) is 5.64. The molecular weight excluding hydrogens is 340 g/mol.